The van der Waals surface area contributed by atoms with Crippen LogP contribution in [0.25, 0.3) is 11.8 Å². The quantitative estimate of drug-likeness (QED) is 0.258. The molecule has 0 fully saturated rings. The van der Waals surface area contributed by atoms with Gasteiger partial charge in [-0.3, -0.25) is 9.36 Å². The van der Waals surface area contributed by atoms with Gasteiger partial charge in [-0.2, -0.15) is 0 Å². The topological polar surface area (TPSA) is 79.1 Å². The van der Waals surface area contributed by atoms with E-state index in [0.29, 0.717) is 42.7 Å². The first kappa shape index (κ1) is 28.4. The highest BCUT2D eigenvalue weighted by atomic mass is 35.5. The summed E-state index contributed by atoms with van der Waals surface area (Å²) in [6, 6.07) is 21.3. The van der Waals surface area contributed by atoms with Gasteiger partial charge in [0.2, 0.25) is 0 Å². The minimum atomic E-state index is -0.802. The van der Waals surface area contributed by atoms with E-state index in [4.69, 9.17) is 30.8 Å². The molecule has 1 aliphatic heterocycles. The second-order valence-corrected chi connectivity index (χ2v) is 11.0. The average Bonchev–Trinajstić information content (AvgIpc) is 3.28. The Morgan fingerprint density at radius 2 is 1.88 bits per heavy atom. The Hall–Kier alpha value is -4.14. The monoisotopic (exact) mass is 588 g/mol. The first-order valence-corrected chi connectivity index (χ1v) is 14.4. The molecular formula is C32H29ClN2O5S. The number of fused-ring (bicyclic) bond motifs is 1. The van der Waals surface area contributed by atoms with Crippen molar-refractivity contribution in [1.29, 1.82) is 0 Å². The largest absolute Gasteiger partial charge is 0.497 e. The molecule has 210 valence electrons. The van der Waals surface area contributed by atoms with E-state index >= 15 is 0 Å². The number of hydrogen-bond donors (Lipinski definition) is 0. The minimum Gasteiger partial charge on any atom is -0.497 e. The molecule has 2 heterocycles. The molecule has 7 nitrogen and oxygen atoms in total. The molecule has 9 heteroatoms. The number of ether oxygens (including phenoxy) is 3. The molecule has 0 saturated heterocycles. The van der Waals surface area contributed by atoms with Crippen LogP contribution in [-0.2, 0) is 9.53 Å². The van der Waals surface area contributed by atoms with Gasteiger partial charge in [-0.25, -0.2) is 9.79 Å². The van der Waals surface area contributed by atoms with E-state index in [1.54, 1.807) is 42.9 Å². The van der Waals surface area contributed by atoms with Crippen molar-refractivity contribution >= 4 is 40.7 Å². The summed E-state index contributed by atoms with van der Waals surface area (Å²) in [7, 11) is 1.57. The molecule has 0 N–H and O–H groups in total. The lowest BCUT2D eigenvalue weighted by molar-refractivity contribution is -0.138. The molecule has 0 aliphatic carbocycles. The fourth-order valence-corrected chi connectivity index (χ4v) is 5.87. The van der Waals surface area contributed by atoms with Crippen molar-refractivity contribution in [3.05, 3.63) is 120 Å². The van der Waals surface area contributed by atoms with Crippen LogP contribution in [0.5, 0.6) is 11.5 Å². The number of hydrogen-bond acceptors (Lipinski definition) is 7. The first-order chi connectivity index (χ1) is 19.8. The maximum absolute atomic E-state index is 14.1. The smallest absolute Gasteiger partial charge is 0.338 e. The van der Waals surface area contributed by atoms with E-state index in [0.717, 1.165) is 5.56 Å². The lowest BCUT2D eigenvalue weighted by Gasteiger charge is -2.26. The molecular weight excluding hydrogens is 560 g/mol. The van der Waals surface area contributed by atoms with E-state index < -0.39 is 12.0 Å². The Labute approximate surface area is 246 Å². The molecule has 1 atom stereocenters. The maximum atomic E-state index is 14.1. The number of esters is 1. The molecule has 0 bridgehead atoms. The van der Waals surface area contributed by atoms with Gasteiger partial charge in [0.1, 0.15) is 11.5 Å². The summed E-state index contributed by atoms with van der Waals surface area (Å²) in [6.45, 7) is 5.79. The summed E-state index contributed by atoms with van der Waals surface area (Å²) in [5, 5.41) is 0.519. The molecule has 0 saturated carbocycles. The van der Waals surface area contributed by atoms with Crippen LogP contribution < -0.4 is 24.4 Å². The zero-order chi connectivity index (χ0) is 29.1. The zero-order valence-corrected chi connectivity index (χ0v) is 24.7. The highest BCUT2D eigenvalue weighted by Crippen LogP contribution is 2.36. The van der Waals surface area contributed by atoms with Gasteiger partial charge in [0, 0.05) is 16.1 Å². The highest BCUT2D eigenvalue weighted by molar-refractivity contribution is 7.07. The van der Waals surface area contributed by atoms with Gasteiger partial charge in [-0.1, -0.05) is 65.4 Å². The van der Waals surface area contributed by atoms with Gasteiger partial charge in [0.05, 0.1) is 41.7 Å². The van der Waals surface area contributed by atoms with Crippen LogP contribution in [0.15, 0.2) is 88.2 Å². The van der Waals surface area contributed by atoms with Crippen molar-refractivity contribution < 1.29 is 19.0 Å². The third kappa shape index (κ3) is 5.85. The fourth-order valence-electron chi connectivity index (χ4n) is 4.70. The number of rotatable bonds is 8. The Bertz CT molecular complexity index is 1810. The van der Waals surface area contributed by atoms with Crippen molar-refractivity contribution in [2.75, 3.05) is 13.7 Å². The number of thiazole rings is 1. The lowest BCUT2D eigenvalue weighted by Crippen LogP contribution is -2.40. The molecule has 0 unspecified atom stereocenters. The summed E-state index contributed by atoms with van der Waals surface area (Å²) >= 11 is 7.56. The van der Waals surface area contributed by atoms with Crippen LogP contribution in [0, 0.1) is 0 Å². The Morgan fingerprint density at radius 1 is 1.10 bits per heavy atom. The molecule has 5 rings (SSSR count). The summed E-state index contributed by atoms with van der Waals surface area (Å²) in [4.78, 5) is 33.1. The van der Waals surface area contributed by atoms with Gasteiger partial charge in [-0.15, -0.1) is 0 Å². The standard InChI is InChI=1S/C32H29ClN2O5S/c1-5-39-31(37)27-28(20-10-7-6-8-11-20)34-32-35(29(27)21-12-9-13-24(17-21)38-4)30(36)26(41-32)18-22-16-23(33)14-15-25(22)40-19(2)3/h6-19,29H,5H2,1-4H3/b26-18+/t29-/m1/s1. The van der Waals surface area contributed by atoms with Crippen LogP contribution in [0.1, 0.15) is 43.5 Å². The van der Waals surface area contributed by atoms with Crippen molar-refractivity contribution in [3.8, 4) is 11.5 Å². The number of halogens is 1. The number of nitrogens with zero attached hydrogens (tertiary/aromatic N) is 2. The first-order valence-electron chi connectivity index (χ1n) is 13.2. The molecule has 0 amide bonds. The predicted molar refractivity (Wildman–Crippen MR) is 161 cm³/mol. The Morgan fingerprint density at radius 3 is 2.59 bits per heavy atom. The summed E-state index contributed by atoms with van der Waals surface area (Å²) in [5.74, 6) is 0.664. The van der Waals surface area contributed by atoms with E-state index in [-0.39, 0.29) is 23.8 Å². The Balaban J connectivity index is 1.83. The van der Waals surface area contributed by atoms with Crippen molar-refractivity contribution in [1.82, 2.24) is 4.57 Å². The van der Waals surface area contributed by atoms with Crippen LogP contribution in [-0.4, -0.2) is 30.4 Å². The van der Waals surface area contributed by atoms with E-state index in [1.807, 2.05) is 68.4 Å². The molecule has 1 aliphatic rings. The minimum absolute atomic E-state index is 0.0711. The van der Waals surface area contributed by atoms with Gasteiger partial charge >= 0.3 is 5.97 Å². The predicted octanol–water partition coefficient (Wildman–Crippen LogP) is 5.38. The number of aromatic nitrogens is 1. The number of benzene rings is 3. The SMILES string of the molecule is CCOC(=O)C1=C(c2ccccc2)N=c2s/c(=C/c3cc(Cl)ccc3OC(C)C)c(=O)n2[C@@H]1c1cccc(OC)c1. The zero-order valence-electron chi connectivity index (χ0n) is 23.1. The highest BCUT2D eigenvalue weighted by Gasteiger charge is 2.35. The van der Waals surface area contributed by atoms with Crippen LogP contribution in [0.2, 0.25) is 5.02 Å². The lowest BCUT2D eigenvalue weighted by atomic mass is 9.93. The average molecular weight is 589 g/mol. The summed E-state index contributed by atoms with van der Waals surface area (Å²) < 4.78 is 19.0. The van der Waals surface area contributed by atoms with Gasteiger partial charge in [0.15, 0.2) is 4.80 Å². The van der Waals surface area contributed by atoms with Gasteiger partial charge in [-0.05, 0) is 62.7 Å². The molecule has 1 aromatic heterocycles. The van der Waals surface area contributed by atoms with E-state index in [1.165, 1.54) is 11.3 Å². The van der Waals surface area contributed by atoms with Gasteiger partial charge in [0.25, 0.3) is 5.56 Å². The third-order valence-corrected chi connectivity index (χ3v) is 7.62. The third-order valence-electron chi connectivity index (χ3n) is 6.40. The van der Waals surface area contributed by atoms with Crippen molar-refractivity contribution in [2.45, 2.75) is 32.9 Å². The molecule has 4 aromatic rings. The maximum Gasteiger partial charge on any atom is 0.338 e. The second-order valence-electron chi connectivity index (χ2n) is 9.56. The van der Waals surface area contributed by atoms with Crippen LogP contribution in [0.4, 0.5) is 0 Å². The van der Waals surface area contributed by atoms with E-state index in [2.05, 4.69) is 0 Å². The molecule has 3 aromatic carbocycles. The fraction of sp³-hybridized carbons (Fsp3) is 0.219. The number of carbonyl (C=O) groups is 1. The van der Waals surface area contributed by atoms with Crippen LogP contribution in [0.3, 0.4) is 0 Å². The second kappa shape index (κ2) is 12.2. The number of methoxy groups -OCH3 is 1. The number of carbonyl (C=O) groups excluding carboxylic acids is 1. The van der Waals surface area contributed by atoms with Crippen LogP contribution >= 0.6 is 22.9 Å². The molecule has 0 spiro atoms. The van der Waals surface area contributed by atoms with Crippen molar-refractivity contribution in [2.24, 2.45) is 4.99 Å². The summed E-state index contributed by atoms with van der Waals surface area (Å²) in [5.41, 5.74) is 2.53. The normalized spacial score (nSPS) is 15.0. The Kier molecular flexibility index (Phi) is 8.42. The van der Waals surface area contributed by atoms with Crippen molar-refractivity contribution in [3.63, 3.8) is 0 Å². The molecule has 0 radical (unpaired) electrons. The van der Waals surface area contributed by atoms with Gasteiger partial charge < -0.3 is 14.2 Å². The van der Waals surface area contributed by atoms with E-state index in [9.17, 15) is 9.59 Å². The molecule has 41 heavy (non-hydrogen) atoms. The summed E-state index contributed by atoms with van der Waals surface area (Å²) in [6.07, 6.45) is 1.69.